The molecular formula is C27H28N2O5. The van der Waals surface area contributed by atoms with Crippen LogP contribution in [0.3, 0.4) is 0 Å². The van der Waals surface area contributed by atoms with Gasteiger partial charge >= 0.3 is 12.1 Å². The van der Waals surface area contributed by atoms with Crippen LogP contribution in [0.4, 0.5) is 4.79 Å². The Morgan fingerprint density at radius 2 is 1.65 bits per heavy atom. The topological polar surface area (TPSA) is 95.9 Å². The molecule has 2 heterocycles. The summed E-state index contributed by atoms with van der Waals surface area (Å²) in [6.45, 7) is 0.803. The number of rotatable bonds is 5. The van der Waals surface area contributed by atoms with Gasteiger partial charge in [-0.25, -0.2) is 9.59 Å². The van der Waals surface area contributed by atoms with Gasteiger partial charge in [-0.1, -0.05) is 48.5 Å². The molecule has 34 heavy (non-hydrogen) atoms. The number of hydrogen-bond donors (Lipinski definition) is 2. The molecule has 2 aromatic rings. The molecule has 2 bridgehead atoms. The van der Waals surface area contributed by atoms with Gasteiger partial charge in [0.15, 0.2) is 0 Å². The average Bonchev–Trinajstić information content (AvgIpc) is 3.57. The van der Waals surface area contributed by atoms with E-state index in [2.05, 4.69) is 29.6 Å². The van der Waals surface area contributed by atoms with Crippen molar-refractivity contribution in [2.24, 2.45) is 11.8 Å². The van der Waals surface area contributed by atoms with Crippen LogP contribution in [0.15, 0.2) is 48.5 Å². The predicted molar refractivity (Wildman–Crippen MR) is 124 cm³/mol. The molecule has 5 aliphatic rings. The zero-order chi connectivity index (χ0) is 23.4. The van der Waals surface area contributed by atoms with Gasteiger partial charge in [0.25, 0.3) is 0 Å². The van der Waals surface area contributed by atoms with E-state index in [1.54, 1.807) is 4.90 Å². The van der Waals surface area contributed by atoms with Crippen molar-refractivity contribution in [2.75, 3.05) is 13.2 Å². The Labute approximate surface area is 198 Å². The van der Waals surface area contributed by atoms with Crippen LogP contribution in [0, 0.1) is 11.8 Å². The lowest BCUT2D eigenvalue weighted by Gasteiger charge is -2.38. The molecule has 7 nitrogen and oxygen atoms in total. The van der Waals surface area contributed by atoms with Crippen LogP contribution in [0.2, 0.25) is 0 Å². The summed E-state index contributed by atoms with van der Waals surface area (Å²) in [5.74, 6) is -0.879. The van der Waals surface area contributed by atoms with E-state index >= 15 is 0 Å². The third-order valence-electron chi connectivity index (χ3n) is 8.32. The predicted octanol–water partition coefficient (Wildman–Crippen LogP) is 3.77. The summed E-state index contributed by atoms with van der Waals surface area (Å²) < 4.78 is 5.65. The van der Waals surface area contributed by atoms with Gasteiger partial charge in [0.1, 0.15) is 12.1 Å². The number of amides is 2. The minimum atomic E-state index is -0.986. The molecule has 2 aliphatic heterocycles. The first-order chi connectivity index (χ1) is 16.5. The molecule has 2 saturated heterocycles. The Kier molecular flexibility index (Phi) is 4.90. The molecule has 2 saturated carbocycles. The molecule has 2 atom stereocenters. The van der Waals surface area contributed by atoms with Gasteiger partial charge in [-0.15, -0.1) is 0 Å². The summed E-state index contributed by atoms with van der Waals surface area (Å²) >= 11 is 0. The van der Waals surface area contributed by atoms with Crippen LogP contribution in [-0.4, -0.2) is 52.7 Å². The average molecular weight is 461 g/mol. The van der Waals surface area contributed by atoms with Gasteiger partial charge in [-0.05, 0) is 60.3 Å². The van der Waals surface area contributed by atoms with Crippen molar-refractivity contribution in [2.45, 2.75) is 49.6 Å². The second-order valence-corrected chi connectivity index (χ2v) is 10.2. The third-order valence-corrected chi connectivity index (χ3v) is 8.32. The Morgan fingerprint density at radius 1 is 1.00 bits per heavy atom. The normalized spacial score (nSPS) is 28.7. The number of hydrogen-bond acceptors (Lipinski definition) is 4. The van der Waals surface area contributed by atoms with Crippen molar-refractivity contribution in [1.82, 2.24) is 10.2 Å². The van der Waals surface area contributed by atoms with E-state index < -0.39 is 17.6 Å². The molecule has 0 radical (unpaired) electrons. The zero-order valence-electron chi connectivity index (χ0n) is 18.9. The van der Waals surface area contributed by atoms with Gasteiger partial charge < -0.3 is 20.1 Å². The Bertz CT molecular complexity index is 1130. The lowest BCUT2D eigenvalue weighted by molar-refractivity contribution is -0.159. The van der Waals surface area contributed by atoms with E-state index in [0.29, 0.717) is 44.6 Å². The van der Waals surface area contributed by atoms with Crippen molar-refractivity contribution >= 4 is 18.0 Å². The number of alkyl carbamates (subject to hydrolysis) is 1. The van der Waals surface area contributed by atoms with Crippen molar-refractivity contribution in [3.8, 4) is 11.1 Å². The molecule has 2 N–H and O–H groups in total. The monoisotopic (exact) mass is 460 g/mol. The van der Waals surface area contributed by atoms with Gasteiger partial charge in [0.05, 0.1) is 0 Å². The van der Waals surface area contributed by atoms with E-state index in [1.807, 2.05) is 24.3 Å². The molecule has 7 heteroatoms. The number of carboxylic acid groups (broad SMARTS) is 1. The van der Waals surface area contributed by atoms with E-state index in [0.717, 1.165) is 0 Å². The number of ether oxygens (including phenoxy) is 1. The minimum Gasteiger partial charge on any atom is -0.479 e. The quantitative estimate of drug-likeness (QED) is 0.708. The maximum absolute atomic E-state index is 13.1. The summed E-state index contributed by atoms with van der Waals surface area (Å²) in [7, 11) is 0. The molecule has 4 fully saturated rings. The lowest BCUT2D eigenvalue weighted by atomic mass is 9.73. The van der Waals surface area contributed by atoms with Crippen LogP contribution in [-0.2, 0) is 14.3 Å². The number of benzene rings is 2. The van der Waals surface area contributed by atoms with E-state index in [4.69, 9.17) is 4.74 Å². The second kappa shape index (κ2) is 7.86. The highest BCUT2D eigenvalue weighted by Gasteiger charge is 2.63. The summed E-state index contributed by atoms with van der Waals surface area (Å²) in [6, 6.07) is 16.3. The standard InChI is InChI=1S/C27H28N2O5/c30-24(29-14-16-12-27(29,13-16)25(31)32)17-9-10-18(11-17)28-26(33)34-15-23-21-7-3-1-5-19(21)20-6-2-4-8-22(20)23/h1-8,16-18,23H,9-15H2,(H,28,33)(H,31,32)/t16?,17-,18+,27?/m1/s1. The molecular weight excluding hydrogens is 432 g/mol. The maximum atomic E-state index is 13.1. The van der Waals surface area contributed by atoms with Crippen molar-refractivity contribution in [3.63, 3.8) is 0 Å². The van der Waals surface area contributed by atoms with E-state index in [1.165, 1.54) is 22.3 Å². The van der Waals surface area contributed by atoms with Gasteiger partial charge in [0, 0.05) is 24.4 Å². The number of aliphatic carboxylic acids is 1. The lowest BCUT2D eigenvalue weighted by Crippen LogP contribution is -2.55. The molecule has 176 valence electrons. The molecule has 0 aromatic heterocycles. The van der Waals surface area contributed by atoms with E-state index in [-0.39, 0.29) is 30.4 Å². The van der Waals surface area contributed by atoms with Gasteiger partial charge in [-0.2, -0.15) is 0 Å². The number of fused-ring (bicyclic) bond motifs is 4. The number of carboxylic acids is 1. The first kappa shape index (κ1) is 21.2. The highest BCUT2D eigenvalue weighted by atomic mass is 16.5. The van der Waals surface area contributed by atoms with Crippen molar-refractivity contribution in [3.05, 3.63) is 59.7 Å². The molecule has 2 aromatic carbocycles. The molecule has 0 unspecified atom stereocenters. The fraction of sp³-hybridized carbons (Fsp3) is 0.444. The van der Waals surface area contributed by atoms with Crippen LogP contribution < -0.4 is 5.32 Å². The minimum absolute atomic E-state index is 0.00455. The number of carbonyl (C=O) groups is 3. The third kappa shape index (κ3) is 3.21. The number of nitrogens with one attached hydrogen (secondary N) is 1. The summed E-state index contributed by atoms with van der Waals surface area (Å²) in [5, 5.41) is 12.6. The van der Waals surface area contributed by atoms with Crippen LogP contribution in [0.5, 0.6) is 0 Å². The SMILES string of the molecule is O=C(N[C@H]1CC[C@@H](C(=O)N2CC3CC2(C(=O)O)C3)C1)OCC1c2ccccc2-c2ccccc21. The molecule has 7 rings (SSSR count). The smallest absolute Gasteiger partial charge is 0.407 e. The van der Waals surface area contributed by atoms with Gasteiger partial charge in [-0.3, -0.25) is 4.79 Å². The van der Waals surface area contributed by atoms with Gasteiger partial charge in [0.2, 0.25) is 5.91 Å². The van der Waals surface area contributed by atoms with Crippen LogP contribution >= 0.6 is 0 Å². The highest BCUT2D eigenvalue weighted by molar-refractivity contribution is 5.90. The molecule has 3 aliphatic carbocycles. The first-order valence-corrected chi connectivity index (χ1v) is 12.1. The Hall–Kier alpha value is -3.35. The highest BCUT2D eigenvalue weighted by Crippen LogP contribution is 2.51. The van der Waals surface area contributed by atoms with Crippen molar-refractivity contribution < 1.29 is 24.2 Å². The van der Waals surface area contributed by atoms with E-state index in [9.17, 15) is 19.5 Å². The molecule has 2 amide bonds. The second-order valence-electron chi connectivity index (χ2n) is 10.2. The zero-order valence-corrected chi connectivity index (χ0v) is 18.9. The molecule has 0 spiro atoms. The largest absolute Gasteiger partial charge is 0.479 e. The number of nitrogens with zero attached hydrogens (tertiary/aromatic N) is 1. The number of carbonyl (C=O) groups excluding carboxylic acids is 2. The van der Waals surface area contributed by atoms with Crippen molar-refractivity contribution in [1.29, 1.82) is 0 Å². The summed E-state index contributed by atoms with van der Waals surface area (Å²) in [5.41, 5.74) is 3.71. The Balaban J connectivity index is 1.05. The van der Waals surface area contributed by atoms with Crippen LogP contribution in [0.25, 0.3) is 11.1 Å². The summed E-state index contributed by atoms with van der Waals surface area (Å²) in [6.07, 6.45) is 2.55. The summed E-state index contributed by atoms with van der Waals surface area (Å²) in [4.78, 5) is 39.0. The maximum Gasteiger partial charge on any atom is 0.407 e. The Morgan fingerprint density at radius 3 is 2.29 bits per heavy atom. The fourth-order valence-corrected chi connectivity index (χ4v) is 6.63. The first-order valence-electron chi connectivity index (χ1n) is 12.1. The fourth-order valence-electron chi connectivity index (χ4n) is 6.63. The van der Waals surface area contributed by atoms with Crippen LogP contribution in [0.1, 0.15) is 49.1 Å².